The van der Waals surface area contributed by atoms with Crippen molar-refractivity contribution < 1.29 is 8.42 Å². The second-order valence-electron chi connectivity index (χ2n) is 5.60. The van der Waals surface area contributed by atoms with Crippen LogP contribution in [0.4, 0.5) is 0 Å². The normalized spacial score (nSPS) is 13.5. The van der Waals surface area contributed by atoms with Gasteiger partial charge in [0.15, 0.2) is 0 Å². The Balaban J connectivity index is 2.24. The second-order valence-corrected chi connectivity index (χ2v) is 7.93. The fourth-order valence-corrected chi connectivity index (χ4v) is 4.10. The van der Waals surface area contributed by atoms with Gasteiger partial charge < -0.3 is 0 Å². The van der Waals surface area contributed by atoms with Gasteiger partial charge in [-0.05, 0) is 43.2 Å². The highest BCUT2D eigenvalue weighted by Crippen LogP contribution is 2.21. The van der Waals surface area contributed by atoms with Crippen molar-refractivity contribution in [1.29, 1.82) is 0 Å². The molecule has 5 heteroatoms. The first kappa shape index (κ1) is 18.7. The molecule has 2 aromatic carbocycles. The monoisotopic (exact) mass is 363 g/mol. The summed E-state index contributed by atoms with van der Waals surface area (Å²) in [5.41, 5.74) is 1.05. The SMILES string of the molecule is CCC(C)N(CC=Cc1ccccc1)S(=O)(=O)c1ccc(Cl)cc1. The van der Waals surface area contributed by atoms with Crippen LogP contribution < -0.4 is 0 Å². The van der Waals surface area contributed by atoms with Crippen LogP contribution >= 0.6 is 11.6 Å². The van der Waals surface area contributed by atoms with Gasteiger partial charge in [0.2, 0.25) is 10.0 Å². The maximum absolute atomic E-state index is 12.9. The number of rotatable bonds is 7. The van der Waals surface area contributed by atoms with Gasteiger partial charge in [-0.25, -0.2) is 8.42 Å². The zero-order valence-corrected chi connectivity index (χ0v) is 15.5. The molecule has 2 rings (SSSR count). The molecule has 0 aliphatic heterocycles. The van der Waals surface area contributed by atoms with E-state index < -0.39 is 10.0 Å². The van der Waals surface area contributed by atoms with E-state index in [0.717, 1.165) is 12.0 Å². The first-order chi connectivity index (χ1) is 11.4. The van der Waals surface area contributed by atoms with Crippen molar-refractivity contribution in [3.05, 3.63) is 71.3 Å². The van der Waals surface area contributed by atoms with E-state index in [-0.39, 0.29) is 10.9 Å². The molecule has 0 amide bonds. The smallest absolute Gasteiger partial charge is 0.207 e. The van der Waals surface area contributed by atoms with Crippen LogP contribution in [0.2, 0.25) is 5.02 Å². The largest absolute Gasteiger partial charge is 0.243 e. The van der Waals surface area contributed by atoms with Crippen LogP contribution in [0.15, 0.2) is 65.6 Å². The molecule has 0 bridgehead atoms. The van der Waals surface area contributed by atoms with Gasteiger partial charge in [0.25, 0.3) is 0 Å². The lowest BCUT2D eigenvalue weighted by Gasteiger charge is -2.26. The lowest BCUT2D eigenvalue weighted by atomic mass is 10.2. The molecule has 0 aliphatic rings. The molecule has 0 saturated heterocycles. The van der Waals surface area contributed by atoms with Gasteiger partial charge in [0, 0.05) is 17.6 Å². The van der Waals surface area contributed by atoms with E-state index in [2.05, 4.69) is 0 Å². The van der Waals surface area contributed by atoms with Crippen LogP contribution in [0.5, 0.6) is 0 Å². The zero-order valence-electron chi connectivity index (χ0n) is 13.9. The molecular formula is C19H22ClNO2S. The summed E-state index contributed by atoms with van der Waals surface area (Å²) in [5.74, 6) is 0. The Morgan fingerprint density at radius 1 is 1.08 bits per heavy atom. The molecule has 0 N–H and O–H groups in total. The lowest BCUT2D eigenvalue weighted by Crippen LogP contribution is -2.38. The Morgan fingerprint density at radius 3 is 2.29 bits per heavy atom. The van der Waals surface area contributed by atoms with E-state index in [1.807, 2.05) is 56.3 Å². The van der Waals surface area contributed by atoms with Crippen LogP contribution in [0.25, 0.3) is 6.08 Å². The average molecular weight is 364 g/mol. The minimum Gasteiger partial charge on any atom is -0.207 e. The molecule has 24 heavy (non-hydrogen) atoms. The van der Waals surface area contributed by atoms with Crippen molar-refractivity contribution in [1.82, 2.24) is 4.31 Å². The predicted octanol–water partition coefficient (Wildman–Crippen LogP) is 4.84. The highest BCUT2D eigenvalue weighted by atomic mass is 35.5. The fourth-order valence-electron chi connectivity index (χ4n) is 2.32. The first-order valence-electron chi connectivity index (χ1n) is 7.94. The number of hydrogen-bond acceptors (Lipinski definition) is 2. The molecule has 3 nitrogen and oxygen atoms in total. The van der Waals surface area contributed by atoms with E-state index in [4.69, 9.17) is 11.6 Å². The Labute approximate surface area is 149 Å². The molecule has 0 aliphatic carbocycles. The summed E-state index contributed by atoms with van der Waals surface area (Å²) in [6.45, 7) is 4.23. The third-order valence-electron chi connectivity index (χ3n) is 3.90. The molecule has 0 spiro atoms. The van der Waals surface area contributed by atoms with E-state index in [9.17, 15) is 8.42 Å². The van der Waals surface area contributed by atoms with E-state index in [1.54, 1.807) is 24.3 Å². The standard InChI is InChI=1S/C19H22ClNO2S/c1-3-16(2)21(15-7-10-17-8-5-4-6-9-17)24(22,23)19-13-11-18(20)12-14-19/h4-14,16H,3,15H2,1-2H3. The van der Waals surface area contributed by atoms with Crippen LogP contribution in [-0.4, -0.2) is 25.3 Å². The molecule has 0 aromatic heterocycles. The number of nitrogens with zero attached hydrogens (tertiary/aromatic N) is 1. The summed E-state index contributed by atoms with van der Waals surface area (Å²) in [6, 6.07) is 16.0. The molecule has 2 aromatic rings. The van der Waals surface area contributed by atoms with Gasteiger partial charge in [0.05, 0.1) is 4.90 Å². The summed E-state index contributed by atoms with van der Waals surface area (Å²) in [6.07, 6.45) is 4.56. The van der Waals surface area contributed by atoms with Crippen molar-refractivity contribution in [3.8, 4) is 0 Å². The summed E-state index contributed by atoms with van der Waals surface area (Å²) < 4.78 is 27.4. The highest BCUT2D eigenvalue weighted by molar-refractivity contribution is 7.89. The van der Waals surface area contributed by atoms with Crippen molar-refractivity contribution in [3.63, 3.8) is 0 Å². The Hall–Kier alpha value is -1.62. The Bertz CT molecular complexity index is 771. The van der Waals surface area contributed by atoms with Crippen LogP contribution in [0.3, 0.4) is 0 Å². The molecule has 128 valence electrons. The van der Waals surface area contributed by atoms with Crippen LogP contribution in [0.1, 0.15) is 25.8 Å². The molecule has 0 saturated carbocycles. The summed E-state index contributed by atoms with van der Waals surface area (Å²) in [4.78, 5) is 0.264. The molecule has 1 unspecified atom stereocenters. The third-order valence-corrected chi connectivity index (χ3v) is 6.14. The van der Waals surface area contributed by atoms with Crippen molar-refractivity contribution in [2.45, 2.75) is 31.2 Å². The van der Waals surface area contributed by atoms with Crippen LogP contribution in [-0.2, 0) is 10.0 Å². The van der Waals surface area contributed by atoms with Crippen LogP contribution in [0, 0.1) is 0 Å². The number of halogens is 1. The summed E-state index contributed by atoms with van der Waals surface area (Å²) in [5, 5.41) is 0.521. The number of hydrogen-bond donors (Lipinski definition) is 0. The molecule has 1 atom stereocenters. The van der Waals surface area contributed by atoms with Gasteiger partial charge >= 0.3 is 0 Å². The van der Waals surface area contributed by atoms with Crippen molar-refractivity contribution in [2.24, 2.45) is 0 Å². The Morgan fingerprint density at radius 2 is 1.71 bits per heavy atom. The summed E-state index contributed by atoms with van der Waals surface area (Å²) in [7, 11) is -3.56. The lowest BCUT2D eigenvalue weighted by molar-refractivity contribution is 0.355. The zero-order chi connectivity index (χ0) is 17.6. The average Bonchev–Trinajstić information content (AvgIpc) is 2.59. The topological polar surface area (TPSA) is 37.4 Å². The van der Waals surface area contributed by atoms with E-state index >= 15 is 0 Å². The molecule has 0 heterocycles. The maximum atomic E-state index is 12.9. The second kappa shape index (κ2) is 8.47. The molecule has 0 fully saturated rings. The molecular weight excluding hydrogens is 342 g/mol. The van der Waals surface area contributed by atoms with Gasteiger partial charge in [-0.2, -0.15) is 4.31 Å². The quantitative estimate of drug-likeness (QED) is 0.705. The number of benzene rings is 2. The van der Waals surface area contributed by atoms with Gasteiger partial charge in [-0.15, -0.1) is 0 Å². The highest BCUT2D eigenvalue weighted by Gasteiger charge is 2.27. The van der Waals surface area contributed by atoms with E-state index in [0.29, 0.717) is 11.6 Å². The fraction of sp³-hybridized carbons (Fsp3) is 0.263. The minimum atomic E-state index is -3.56. The van der Waals surface area contributed by atoms with Gasteiger partial charge in [-0.1, -0.05) is 61.0 Å². The van der Waals surface area contributed by atoms with Crippen molar-refractivity contribution in [2.75, 3.05) is 6.54 Å². The van der Waals surface area contributed by atoms with E-state index in [1.165, 1.54) is 4.31 Å². The maximum Gasteiger partial charge on any atom is 0.243 e. The third kappa shape index (κ3) is 4.69. The summed E-state index contributed by atoms with van der Waals surface area (Å²) >= 11 is 5.86. The van der Waals surface area contributed by atoms with Gasteiger partial charge in [0.1, 0.15) is 0 Å². The number of sulfonamides is 1. The Kier molecular flexibility index (Phi) is 6.60. The minimum absolute atomic E-state index is 0.0916. The first-order valence-corrected chi connectivity index (χ1v) is 9.76. The van der Waals surface area contributed by atoms with Crippen molar-refractivity contribution >= 4 is 27.7 Å². The molecule has 0 radical (unpaired) electrons. The predicted molar refractivity (Wildman–Crippen MR) is 101 cm³/mol. The van der Waals surface area contributed by atoms with Gasteiger partial charge in [-0.3, -0.25) is 0 Å².